The number of nitro benzene ring substituents is 1. The van der Waals surface area contributed by atoms with Crippen molar-refractivity contribution < 1.29 is 14.4 Å². The minimum Gasteiger partial charge on any atom is -0.491 e. The summed E-state index contributed by atoms with van der Waals surface area (Å²) in [6, 6.07) is 20.8. The highest BCUT2D eigenvalue weighted by molar-refractivity contribution is 6.07. The summed E-state index contributed by atoms with van der Waals surface area (Å²) in [6.45, 7) is 1.86. The molecule has 0 heterocycles. The first kappa shape index (κ1) is 19.8. The summed E-state index contributed by atoms with van der Waals surface area (Å²) < 4.78 is 11.3. The van der Waals surface area contributed by atoms with Crippen molar-refractivity contribution in [1.29, 1.82) is 0 Å². The van der Waals surface area contributed by atoms with Crippen LogP contribution in [0.4, 0.5) is 5.69 Å². The molecule has 0 aromatic heterocycles. The molecule has 0 radical (unpaired) electrons. The maximum atomic E-state index is 11.3. The largest absolute Gasteiger partial charge is 0.491 e. The zero-order chi connectivity index (χ0) is 20.9. The molecule has 152 valence electrons. The number of benzene rings is 3. The van der Waals surface area contributed by atoms with E-state index in [0.29, 0.717) is 26.4 Å². The summed E-state index contributed by atoms with van der Waals surface area (Å²) in [5, 5.41) is 11.3. The van der Waals surface area contributed by atoms with E-state index < -0.39 is 0 Å². The first-order valence-electron chi connectivity index (χ1n) is 9.79. The molecule has 0 aliphatic heterocycles. The fourth-order valence-corrected chi connectivity index (χ4v) is 3.64. The molecule has 0 saturated heterocycles. The van der Waals surface area contributed by atoms with Gasteiger partial charge in [-0.3, -0.25) is 10.1 Å². The Morgan fingerprint density at radius 1 is 0.867 bits per heavy atom. The van der Waals surface area contributed by atoms with Crippen molar-refractivity contribution in [3.8, 4) is 16.9 Å². The monoisotopic (exact) mass is 402 g/mol. The van der Waals surface area contributed by atoms with Gasteiger partial charge in [0.15, 0.2) is 0 Å². The Kier molecular flexibility index (Phi) is 5.88. The highest BCUT2D eigenvalue weighted by atomic mass is 16.6. The molecule has 4 rings (SSSR count). The van der Waals surface area contributed by atoms with Crippen molar-refractivity contribution in [2.24, 2.45) is 5.73 Å². The Morgan fingerprint density at radius 2 is 1.60 bits per heavy atom. The summed E-state index contributed by atoms with van der Waals surface area (Å²) in [6.07, 6.45) is 2.03. The molecule has 0 fully saturated rings. The fraction of sp³-hybridized carbons (Fsp3) is 0.167. The van der Waals surface area contributed by atoms with E-state index >= 15 is 0 Å². The fourth-order valence-electron chi connectivity index (χ4n) is 3.64. The van der Waals surface area contributed by atoms with Crippen molar-refractivity contribution in [1.82, 2.24) is 0 Å². The van der Waals surface area contributed by atoms with Gasteiger partial charge in [-0.15, -0.1) is 0 Å². The molecular weight excluding hydrogens is 380 g/mol. The number of rotatable bonds is 8. The van der Waals surface area contributed by atoms with Crippen LogP contribution in [-0.2, 0) is 4.74 Å². The van der Waals surface area contributed by atoms with Crippen LogP contribution in [0.2, 0.25) is 0 Å². The van der Waals surface area contributed by atoms with E-state index in [0.717, 1.165) is 39.1 Å². The average molecular weight is 402 g/mol. The van der Waals surface area contributed by atoms with Gasteiger partial charge in [-0.25, -0.2) is 0 Å². The van der Waals surface area contributed by atoms with Crippen molar-refractivity contribution >= 4 is 17.3 Å². The van der Waals surface area contributed by atoms with Crippen LogP contribution in [0.15, 0.2) is 66.7 Å². The Hall–Kier alpha value is -3.48. The van der Waals surface area contributed by atoms with Crippen LogP contribution >= 0.6 is 0 Å². The molecule has 0 unspecified atom stereocenters. The van der Waals surface area contributed by atoms with Crippen LogP contribution in [0.1, 0.15) is 16.7 Å². The number of nitro groups is 1. The van der Waals surface area contributed by atoms with Gasteiger partial charge in [0.2, 0.25) is 0 Å². The lowest BCUT2D eigenvalue weighted by atomic mass is 10.0. The average Bonchev–Trinajstić information content (AvgIpc) is 3.08. The van der Waals surface area contributed by atoms with Crippen molar-refractivity contribution in [2.75, 3.05) is 26.4 Å². The lowest BCUT2D eigenvalue weighted by Crippen LogP contribution is -2.13. The Bertz CT molecular complexity index is 1110. The summed E-state index contributed by atoms with van der Waals surface area (Å²) in [4.78, 5) is 11.0. The second-order valence-corrected chi connectivity index (χ2v) is 6.88. The van der Waals surface area contributed by atoms with Crippen molar-refractivity contribution in [3.05, 3.63) is 93.5 Å². The summed E-state index contributed by atoms with van der Waals surface area (Å²) in [5.41, 5.74) is 11.3. The number of ether oxygens (including phenoxy) is 2. The number of nitrogens with two attached hydrogens (primary N) is 1. The zero-order valence-corrected chi connectivity index (χ0v) is 16.4. The van der Waals surface area contributed by atoms with Crippen LogP contribution < -0.4 is 10.5 Å². The number of hydrogen-bond donors (Lipinski definition) is 1. The lowest BCUT2D eigenvalue weighted by Gasteiger charge is -2.11. The summed E-state index contributed by atoms with van der Waals surface area (Å²) in [7, 11) is 0. The summed E-state index contributed by atoms with van der Waals surface area (Å²) in [5.74, 6) is 0.734. The molecule has 0 amide bonds. The van der Waals surface area contributed by atoms with Gasteiger partial charge in [-0.2, -0.15) is 0 Å². The molecule has 6 nitrogen and oxygen atoms in total. The number of hydrogen-bond acceptors (Lipinski definition) is 5. The third-order valence-corrected chi connectivity index (χ3v) is 4.98. The predicted molar refractivity (Wildman–Crippen MR) is 117 cm³/mol. The first-order chi connectivity index (χ1) is 14.7. The molecule has 30 heavy (non-hydrogen) atoms. The Balaban J connectivity index is 1.72. The number of non-ortho nitro benzene ring substituents is 1. The maximum absolute atomic E-state index is 11.3. The van der Waals surface area contributed by atoms with Gasteiger partial charge in [0, 0.05) is 24.2 Å². The molecule has 3 aromatic rings. The van der Waals surface area contributed by atoms with Gasteiger partial charge in [-0.05, 0) is 46.0 Å². The molecule has 0 saturated carbocycles. The van der Waals surface area contributed by atoms with E-state index in [4.69, 9.17) is 15.2 Å². The predicted octanol–water partition coefficient (Wildman–Crippen LogP) is 4.52. The minimum atomic E-state index is -0.362. The quantitative estimate of drug-likeness (QED) is 0.266. The van der Waals surface area contributed by atoms with E-state index in [2.05, 4.69) is 0 Å². The number of fused-ring (bicyclic) bond motifs is 3. The molecule has 2 N–H and O–H groups in total. The molecule has 6 heteroatoms. The van der Waals surface area contributed by atoms with E-state index in [1.165, 1.54) is 0 Å². The van der Waals surface area contributed by atoms with Gasteiger partial charge in [0.1, 0.15) is 12.4 Å². The molecular formula is C24H22N2O4. The van der Waals surface area contributed by atoms with E-state index in [1.807, 2.05) is 60.7 Å². The smallest absolute Gasteiger partial charge is 0.270 e. The molecule has 0 atom stereocenters. The topological polar surface area (TPSA) is 87.6 Å². The van der Waals surface area contributed by atoms with Crippen LogP contribution in [-0.4, -0.2) is 31.3 Å². The van der Waals surface area contributed by atoms with Crippen LogP contribution in [0.25, 0.3) is 22.8 Å². The molecule has 1 aliphatic carbocycles. The molecule has 1 aliphatic rings. The van der Waals surface area contributed by atoms with Crippen LogP contribution in [0.5, 0.6) is 5.75 Å². The van der Waals surface area contributed by atoms with Gasteiger partial charge < -0.3 is 15.2 Å². The van der Waals surface area contributed by atoms with Gasteiger partial charge in [0.05, 0.1) is 18.1 Å². The SMILES string of the molecule is NCCOCCOc1ccccc1C=C1c2ccccc2-c2ccc([N+](=O)[O-])cc21. The van der Waals surface area contributed by atoms with Gasteiger partial charge >= 0.3 is 0 Å². The van der Waals surface area contributed by atoms with E-state index in [-0.39, 0.29) is 10.6 Å². The molecule has 0 bridgehead atoms. The first-order valence-corrected chi connectivity index (χ1v) is 9.79. The van der Waals surface area contributed by atoms with Crippen molar-refractivity contribution in [3.63, 3.8) is 0 Å². The zero-order valence-electron chi connectivity index (χ0n) is 16.4. The lowest BCUT2D eigenvalue weighted by molar-refractivity contribution is -0.384. The standard InChI is InChI=1S/C24H22N2O4/c25-11-12-29-13-14-30-24-8-4-1-5-17(24)15-22-20-7-3-2-6-19(20)21-10-9-18(26(27)28)16-23(21)22/h1-10,15-16H,11-14,25H2. The Labute approximate surface area is 174 Å². The highest BCUT2D eigenvalue weighted by Gasteiger charge is 2.25. The number of para-hydroxylation sites is 1. The van der Waals surface area contributed by atoms with Crippen molar-refractivity contribution in [2.45, 2.75) is 0 Å². The third-order valence-electron chi connectivity index (χ3n) is 4.98. The van der Waals surface area contributed by atoms with E-state index in [9.17, 15) is 10.1 Å². The molecule has 0 spiro atoms. The van der Waals surface area contributed by atoms with Crippen LogP contribution in [0, 0.1) is 10.1 Å². The highest BCUT2D eigenvalue weighted by Crippen LogP contribution is 2.46. The second kappa shape index (κ2) is 8.90. The molecule has 3 aromatic carbocycles. The van der Waals surface area contributed by atoms with Gasteiger partial charge in [-0.1, -0.05) is 42.5 Å². The van der Waals surface area contributed by atoms with Gasteiger partial charge in [0.25, 0.3) is 5.69 Å². The normalized spacial score (nSPS) is 13.2. The Morgan fingerprint density at radius 3 is 2.40 bits per heavy atom. The maximum Gasteiger partial charge on any atom is 0.270 e. The second-order valence-electron chi connectivity index (χ2n) is 6.88. The van der Waals surface area contributed by atoms with E-state index in [1.54, 1.807) is 12.1 Å². The minimum absolute atomic E-state index is 0.0778. The third kappa shape index (κ3) is 3.96. The number of nitrogens with zero attached hydrogens (tertiary/aromatic N) is 1. The summed E-state index contributed by atoms with van der Waals surface area (Å²) >= 11 is 0. The van der Waals surface area contributed by atoms with Crippen LogP contribution in [0.3, 0.4) is 0 Å².